The van der Waals surface area contributed by atoms with Gasteiger partial charge >= 0.3 is 0 Å². The average molecular weight is 534 g/mol. The van der Waals surface area contributed by atoms with Gasteiger partial charge in [-0.1, -0.05) is 83.3 Å². The van der Waals surface area contributed by atoms with Gasteiger partial charge in [0.1, 0.15) is 10.8 Å². The van der Waals surface area contributed by atoms with Crippen molar-refractivity contribution in [2.45, 2.75) is 50.6 Å². The molecule has 2 heterocycles. The number of Topliss-reactive ketones (excluding diaryl/α,β-unsaturated/α-hetero) is 1. The number of anilines is 3. The predicted molar refractivity (Wildman–Crippen MR) is 146 cm³/mol. The summed E-state index contributed by atoms with van der Waals surface area (Å²) >= 11 is 2.77. The monoisotopic (exact) mass is 533 g/mol. The van der Waals surface area contributed by atoms with Crippen LogP contribution in [0.15, 0.2) is 60.7 Å². The minimum absolute atomic E-state index is 0.114. The summed E-state index contributed by atoms with van der Waals surface area (Å²) in [6.07, 6.45) is 3.87. The fourth-order valence-corrected chi connectivity index (χ4v) is 5.89. The Morgan fingerprint density at radius 2 is 1.27 bits per heavy atom. The zero-order valence-electron chi connectivity index (χ0n) is 20.1. The van der Waals surface area contributed by atoms with Crippen LogP contribution in [0.5, 0.6) is 0 Å². The minimum atomic E-state index is -0.114. The Balaban J connectivity index is 1.05. The van der Waals surface area contributed by atoms with Crippen LogP contribution < -0.4 is 16.0 Å². The van der Waals surface area contributed by atoms with Crippen LogP contribution in [0.1, 0.15) is 35.4 Å². The number of benzene rings is 2. The lowest BCUT2D eigenvalue weighted by Crippen LogP contribution is -2.20. The Morgan fingerprint density at radius 3 is 1.95 bits per heavy atom. The molecule has 0 saturated heterocycles. The molecule has 1 unspecified atom stereocenters. The normalized spacial score (nSPS) is 16.9. The molecule has 11 heteroatoms. The lowest BCUT2D eigenvalue weighted by molar-refractivity contribution is -0.118. The first-order valence-electron chi connectivity index (χ1n) is 12.2. The van der Waals surface area contributed by atoms with Crippen molar-refractivity contribution in [3.63, 3.8) is 0 Å². The van der Waals surface area contributed by atoms with Gasteiger partial charge in [-0.2, -0.15) is 0 Å². The summed E-state index contributed by atoms with van der Waals surface area (Å²) < 4.78 is 0. The second kappa shape index (κ2) is 12.0. The molecule has 0 radical (unpaired) electrons. The summed E-state index contributed by atoms with van der Waals surface area (Å²) in [6, 6.07) is 19.8. The zero-order chi connectivity index (χ0) is 25.5. The first-order chi connectivity index (χ1) is 18.1. The number of nitrogens with zero attached hydrogens (tertiary/aromatic N) is 4. The number of aromatic nitrogens is 4. The van der Waals surface area contributed by atoms with E-state index in [-0.39, 0.29) is 23.8 Å². The van der Waals surface area contributed by atoms with Gasteiger partial charge in [-0.3, -0.25) is 9.59 Å². The quantitative estimate of drug-likeness (QED) is 0.260. The van der Waals surface area contributed by atoms with Crippen molar-refractivity contribution in [2.24, 2.45) is 0 Å². The van der Waals surface area contributed by atoms with Gasteiger partial charge in [0.2, 0.25) is 21.3 Å². The van der Waals surface area contributed by atoms with Gasteiger partial charge in [0.15, 0.2) is 0 Å². The van der Waals surface area contributed by atoms with E-state index in [1.54, 1.807) is 0 Å². The molecule has 2 aromatic carbocycles. The van der Waals surface area contributed by atoms with Crippen LogP contribution in [0.3, 0.4) is 0 Å². The van der Waals surface area contributed by atoms with Gasteiger partial charge in [-0.15, -0.1) is 20.4 Å². The molecule has 2 aromatic heterocycles. The second-order valence-corrected chi connectivity index (χ2v) is 11.0. The van der Waals surface area contributed by atoms with Gasteiger partial charge in [0.05, 0.1) is 12.8 Å². The van der Waals surface area contributed by atoms with E-state index in [0.717, 1.165) is 40.5 Å². The number of amides is 1. The summed E-state index contributed by atoms with van der Waals surface area (Å²) in [6.45, 7) is 0. The summed E-state index contributed by atoms with van der Waals surface area (Å²) in [5, 5.41) is 29.1. The Hall–Kier alpha value is -3.70. The van der Waals surface area contributed by atoms with E-state index in [0.29, 0.717) is 29.5 Å². The highest BCUT2D eigenvalue weighted by Gasteiger charge is 2.26. The van der Waals surface area contributed by atoms with Crippen molar-refractivity contribution in [2.75, 3.05) is 16.0 Å². The van der Waals surface area contributed by atoms with E-state index in [1.165, 1.54) is 22.7 Å². The van der Waals surface area contributed by atoms with Crippen molar-refractivity contribution in [1.29, 1.82) is 0 Å². The molecule has 0 bridgehead atoms. The maximum absolute atomic E-state index is 12.4. The topological polar surface area (TPSA) is 122 Å². The number of rotatable bonds is 11. The molecule has 0 aliphatic heterocycles. The van der Waals surface area contributed by atoms with E-state index in [1.807, 2.05) is 60.7 Å². The Labute approximate surface area is 222 Å². The summed E-state index contributed by atoms with van der Waals surface area (Å²) in [5.41, 5.74) is 1.96. The number of carbonyl (C=O) groups excluding carboxylic acids is 2. The van der Waals surface area contributed by atoms with Crippen LogP contribution in [-0.2, 0) is 28.9 Å². The summed E-state index contributed by atoms with van der Waals surface area (Å²) in [5.74, 6) is 0.0175. The van der Waals surface area contributed by atoms with Crippen LogP contribution in [0.2, 0.25) is 0 Å². The van der Waals surface area contributed by atoms with Gasteiger partial charge in [0.25, 0.3) is 0 Å². The van der Waals surface area contributed by atoms with Crippen LogP contribution in [-0.4, -0.2) is 44.2 Å². The molecule has 190 valence electrons. The molecule has 2 atom stereocenters. The number of ketones is 1. The molecule has 0 spiro atoms. The van der Waals surface area contributed by atoms with Crippen molar-refractivity contribution in [3.8, 4) is 0 Å². The molecule has 37 heavy (non-hydrogen) atoms. The lowest BCUT2D eigenvalue weighted by Gasteiger charge is -2.12. The highest BCUT2D eigenvalue weighted by Crippen LogP contribution is 2.29. The molecule has 1 fully saturated rings. The largest absolute Gasteiger partial charge is 0.357 e. The molecule has 4 aromatic rings. The van der Waals surface area contributed by atoms with Gasteiger partial charge in [-0.25, -0.2) is 0 Å². The first-order valence-corrected chi connectivity index (χ1v) is 13.8. The molecule has 5 rings (SSSR count). The Kier molecular flexibility index (Phi) is 8.11. The van der Waals surface area contributed by atoms with Crippen LogP contribution in [0.4, 0.5) is 15.4 Å². The number of hydrogen-bond acceptors (Lipinski definition) is 10. The molecule has 1 saturated carbocycles. The molecule has 1 aliphatic carbocycles. The molecule has 9 nitrogen and oxygen atoms in total. The van der Waals surface area contributed by atoms with E-state index >= 15 is 0 Å². The molecule has 1 amide bonds. The van der Waals surface area contributed by atoms with Gasteiger partial charge in [-0.05, 0) is 30.4 Å². The fourth-order valence-electron chi connectivity index (χ4n) is 4.31. The third-order valence-corrected chi connectivity index (χ3v) is 7.65. The lowest BCUT2D eigenvalue weighted by atomic mass is 10.1. The van der Waals surface area contributed by atoms with Crippen LogP contribution in [0, 0.1) is 0 Å². The minimum Gasteiger partial charge on any atom is -0.357 e. The third kappa shape index (κ3) is 7.40. The van der Waals surface area contributed by atoms with Gasteiger partial charge < -0.3 is 16.0 Å². The molecular weight excluding hydrogens is 506 g/mol. The van der Waals surface area contributed by atoms with Crippen molar-refractivity contribution in [3.05, 3.63) is 76.8 Å². The fraction of sp³-hybridized carbons (Fsp3) is 0.308. The summed E-state index contributed by atoms with van der Waals surface area (Å²) in [4.78, 5) is 24.6. The second-order valence-electron chi connectivity index (χ2n) is 9.00. The molecular formula is C26H27N7O2S2. The maximum Gasteiger partial charge on any atom is 0.230 e. The molecule has 3 N–H and O–H groups in total. The van der Waals surface area contributed by atoms with E-state index < -0.39 is 0 Å². The predicted octanol–water partition coefficient (Wildman–Crippen LogP) is 4.37. The highest BCUT2D eigenvalue weighted by atomic mass is 32.1. The van der Waals surface area contributed by atoms with E-state index in [2.05, 4.69) is 36.3 Å². The zero-order valence-corrected chi connectivity index (χ0v) is 21.7. The standard InChI is InChI=1S/C26H27N7O2S2/c34-21(13-17-7-3-1-4-8-17)16-23-30-31-24(36-23)27-19-11-12-20(15-19)28-25-32-33-26(37-25)29-22(35)14-18-9-5-2-6-10-18/h1-10,19-20H,11-16H2,(H,27,31)(H,28,32)(H,29,33,35)/t19-,20?/m1/s1. The first kappa shape index (κ1) is 25.0. The number of nitrogens with one attached hydrogen (secondary N) is 3. The van der Waals surface area contributed by atoms with Gasteiger partial charge in [0, 0.05) is 18.5 Å². The van der Waals surface area contributed by atoms with Crippen LogP contribution >= 0.6 is 22.7 Å². The molecule has 1 aliphatic rings. The van der Waals surface area contributed by atoms with E-state index in [4.69, 9.17) is 0 Å². The van der Waals surface area contributed by atoms with Crippen LogP contribution in [0.25, 0.3) is 0 Å². The van der Waals surface area contributed by atoms with Crippen molar-refractivity contribution < 1.29 is 9.59 Å². The number of hydrogen-bond donors (Lipinski definition) is 3. The highest BCUT2D eigenvalue weighted by molar-refractivity contribution is 7.19. The average Bonchev–Trinajstić information content (AvgIpc) is 3.63. The number of carbonyl (C=O) groups is 2. The third-order valence-electron chi connectivity index (χ3n) is 6.03. The van der Waals surface area contributed by atoms with Crippen molar-refractivity contribution in [1.82, 2.24) is 20.4 Å². The van der Waals surface area contributed by atoms with Crippen molar-refractivity contribution >= 4 is 49.8 Å². The van der Waals surface area contributed by atoms with E-state index in [9.17, 15) is 9.59 Å². The Morgan fingerprint density at radius 1 is 0.703 bits per heavy atom. The SMILES string of the molecule is O=C(Cc1ccccc1)Cc1nnc(N[C@@H]2CCC(Nc3nnc(NC(=O)Cc4ccccc4)s3)C2)s1. The summed E-state index contributed by atoms with van der Waals surface area (Å²) in [7, 11) is 0. The smallest absolute Gasteiger partial charge is 0.230 e. The Bertz CT molecular complexity index is 1230. The maximum atomic E-state index is 12.4.